The van der Waals surface area contributed by atoms with E-state index >= 15 is 0 Å². The topological polar surface area (TPSA) is 104 Å². The molecule has 0 radical (unpaired) electrons. The van der Waals surface area contributed by atoms with Gasteiger partial charge in [-0.1, -0.05) is 12.1 Å². The average Bonchev–Trinajstić information content (AvgIpc) is 3.22. The number of hydrogen-bond donors (Lipinski definition) is 1. The summed E-state index contributed by atoms with van der Waals surface area (Å²) in [5.41, 5.74) is 0.689. The van der Waals surface area contributed by atoms with Crippen molar-refractivity contribution >= 4 is 11.5 Å². The van der Waals surface area contributed by atoms with E-state index in [-0.39, 0.29) is 17.4 Å². The van der Waals surface area contributed by atoms with Crippen LogP contribution >= 0.6 is 0 Å². The highest BCUT2D eigenvalue weighted by Gasteiger charge is 2.24. The van der Waals surface area contributed by atoms with Gasteiger partial charge in [-0.3, -0.25) is 15.0 Å². The van der Waals surface area contributed by atoms with Crippen LogP contribution in [0.25, 0.3) is 0 Å². The number of nitro groups is 1. The maximum absolute atomic E-state index is 10.9. The van der Waals surface area contributed by atoms with Crippen LogP contribution < -0.4 is 10.1 Å². The Balaban J connectivity index is 1.78. The standard InChI is InChI=1S/C19H21N5O3/c1-27-15-6-4-14(5-7-15)18(23-10-2-3-11-23)13-21-19-9-8-17(24(25)26)16(12-20)22-19/h4-9,18H,2-3,10-11,13H2,1H3,(H,21,22). The lowest BCUT2D eigenvalue weighted by Gasteiger charge is -2.28. The lowest BCUT2D eigenvalue weighted by molar-refractivity contribution is -0.385. The average molecular weight is 367 g/mol. The van der Waals surface area contributed by atoms with Crippen molar-refractivity contribution in [2.24, 2.45) is 0 Å². The molecule has 1 fully saturated rings. The molecule has 0 aliphatic carbocycles. The Labute approximate surface area is 157 Å². The SMILES string of the molecule is COc1ccc(C(CNc2ccc([N+](=O)[O-])c(C#N)n2)N2CCCC2)cc1. The Hall–Kier alpha value is -3.18. The second-order valence-electron chi connectivity index (χ2n) is 6.35. The van der Waals surface area contributed by atoms with Crippen LogP contribution in [-0.2, 0) is 0 Å². The molecule has 0 amide bonds. The Kier molecular flexibility index (Phi) is 5.84. The Morgan fingerprint density at radius 3 is 2.59 bits per heavy atom. The van der Waals surface area contributed by atoms with E-state index in [0.717, 1.165) is 24.4 Å². The van der Waals surface area contributed by atoms with Crippen molar-refractivity contribution in [3.63, 3.8) is 0 Å². The number of nitrogens with zero attached hydrogens (tertiary/aromatic N) is 4. The van der Waals surface area contributed by atoms with Crippen LogP contribution in [0, 0.1) is 21.4 Å². The van der Waals surface area contributed by atoms with Gasteiger partial charge >= 0.3 is 5.69 Å². The summed E-state index contributed by atoms with van der Waals surface area (Å²) in [6.07, 6.45) is 2.34. The molecule has 1 saturated heterocycles. The Morgan fingerprint density at radius 1 is 1.30 bits per heavy atom. The molecule has 2 aromatic rings. The van der Waals surface area contributed by atoms with Gasteiger partial charge in [0.1, 0.15) is 17.6 Å². The fraction of sp³-hybridized carbons (Fsp3) is 0.368. The highest BCUT2D eigenvalue weighted by atomic mass is 16.6. The van der Waals surface area contributed by atoms with Crippen molar-refractivity contribution < 1.29 is 9.66 Å². The summed E-state index contributed by atoms with van der Waals surface area (Å²) in [6, 6.07) is 12.8. The molecule has 27 heavy (non-hydrogen) atoms. The fourth-order valence-corrected chi connectivity index (χ4v) is 3.32. The zero-order chi connectivity index (χ0) is 19.2. The fourth-order valence-electron chi connectivity index (χ4n) is 3.32. The van der Waals surface area contributed by atoms with Gasteiger partial charge in [0.25, 0.3) is 0 Å². The normalized spacial score (nSPS) is 15.1. The van der Waals surface area contributed by atoms with Crippen LogP contribution in [0.3, 0.4) is 0 Å². The summed E-state index contributed by atoms with van der Waals surface area (Å²) in [6.45, 7) is 2.63. The van der Waals surface area contributed by atoms with Gasteiger partial charge in [-0.25, -0.2) is 4.98 Å². The zero-order valence-corrected chi connectivity index (χ0v) is 15.1. The van der Waals surface area contributed by atoms with Crippen LogP contribution in [0.4, 0.5) is 11.5 Å². The molecule has 2 heterocycles. The molecule has 1 aromatic carbocycles. The number of pyridine rings is 1. The number of anilines is 1. The van der Waals surface area contributed by atoms with Crippen LogP contribution in [0.5, 0.6) is 5.75 Å². The summed E-state index contributed by atoms with van der Waals surface area (Å²) < 4.78 is 5.23. The van der Waals surface area contributed by atoms with E-state index in [1.54, 1.807) is 13.2 Å². The maximum atomic E-state index is 10.9. The Morgan fingerprint density at radius 2 is 2.00 bits per heavy atom. The largest absolute Gasteiger partial charge is 0.497 e. The van der Waals surface area contributed by atoms with E-state index in [1.165, 1.54) is 25.0 Å². The third-order valence-electron chi connectivity index (χ3n) is 4.74. The molecule has 3 rings (SSSR count). The van der Waals surface area contributed by atoms with Gasteiger partial charge in [0, 0.05) is 12.6 Å². The van der Waals surface area contributed by atoms with Gasteiger partial charge in [0.2, 0.25) is 5.69 Å². The minimum Gasteiger partial charge on any atom is -0.497 e. The van der Waals surface area contributed by atoms with E-state index in [1.807, 2.05) is 24.3 Å². The predicted molar refractivity (Wildman–Crippen MR) is 101 cm³/mol. The van der Waals surface area contributed by atoms with Crippen LogP contribution in [0.1, 0.15) is 30.1 Å². The third-order valence-corrected chi connectivity index (χ3v) is 4.74. The summed E-state index contributed by atoms with van der Waals surface area (Å²) in [7, 11) is 1.64. The van der Waals surface area contributed by atoms with Gasteiger partial charge in [-0.2, -0.15) is 5.26 Å². The number of likely N-dealkylation sites (tertiary alicyclic amines) is 1. The number of rotatable bonds is 7. The lowest BCUT2D eigenvalue weighted by atomic mass is 10.1. The van der Waals surface area contributed by atoms with Crippen molar-refractivity contribution in [1.82, 2.24) is 9.88 Å². The van der Waals surface area contributed by atoms with E-state index in [0.29, 0.717) is 12.4 Å². The van der Waals surface area contributed by atoms with Crippen molar-refractivity contribution in [3.05, 3.63) is 57.8 Å². The number of ether oxygens (including phenoxy) is 1. The molecule has 1 aliphatic heterocycles. The first-order valence-electron chi connectivity index (χ1n) is 8.80. The molecule has 1 aliphatic rings. The second kappa shape index (κ2) is 8.47. The maximum Gasteiger partial charge on any atom is 0.305 e. The minimum absolute atomic E-state index is 0.140. The number of aromatic nitrogens is 1. The van der Waals surface area contributed by atoms with Gasteiger partial charge in [0.05, 0.1) is 18.1 Å². The summed E-state index contributed by atoms with van der Waals surface area (Å²) >= 11 is 0. The van der Waals surface area contributed by atoms with E-state index in [2.05, 4.69) is 15.2 Å². The van der Waals surface area contributed by atoms with Gasteiger partial charge in [-0.05, 0) is 49.7 Å². The van der Waals surface area contributed by atoms with Crippen LogP contribution in [0.15, 0.2) is 36.4 Å². The second-order valence-corrected chi connectivity index (χ2v) is 6.35. The highest BCUT2D eigenvalue weighted by molar-refractivity contribution is 5.50. The quantitative estimate of drug-likeness (QED) is 0.592. The van der Waals surface area contributed by atoms with Gasteiger partial charge in [-0.15, -0.1) is 0 Å². The van der Waals surface area contributed by atoms with Gasteiger partial charge in [0.15, 0.2) is 0 Å². The van der Waals surface area contributed by atoms with Crippen molar-refractivity contribution in [1.29, 1.82) is 5.26 Å². The first-order chi connectivity index (χ1) is 13.1. The zero-order valence-electron chi connectivity index (χ0n) is 15.1. The minimum atomic E-state index is -0.597. The van der Waals surface area contributed by atoms with E-state index in [9.17, 15) is 10.1 Å². The van der Waals surface area contributed by atoms with E-state index in [4.69, 9.17) is 10.00 Å². The van der Waals surface area contributed by atoms with E-state index < -0.39 is 4.92 Å². The highest BCUT2D eigenvalue weighted by Crippen LogP contribution is 2.27. The number of benzene rings is 1. The van der Waals surface area contributed by atoms with Crippen LogP contribution in [-0.4, -0.2) is 41.6 Å². The monoisotopic (exact) mass is 367 g/mol. The molecule has 1 unspecified atom stereocenters. The number of hydrogen-bond acceptors (Lipinski definition) is 7. The predicted octanol–water partition coefficient (Wildman–Crippen LogP) is 3.12. The third kappa shape index (κ3) is 4.33. The van der Waals surface area contributed by atoms with Gasteiger partial charge < -0.3 is 10.1 Å². The molecular formula is C19H21N5O3. The van der Waals surface area contributed by atoms with Crippen molar-refractivity contribution in [2.75, 3.05) is 32.1 Å². The van der Waals surface area contributed by atoms with Crippen molar-refractivity contribution in [2.45, 2.75) is 18.9 Å². The molecule has 1 atom stereocenters. The first-order valence-corrected chi connectivity index (χ1v) is 8.80. The molecule has 0 spiro atoms. The van der Waals surface area contributed by atoms with Crippen molar-refractivity contribution in [3.8, 4) is 11.8 Å². The molecule has 0 saturated carbocycles. The summed E-state index contributed by atoms with van der Waals surface area (Å²) in [5, 5.41) is 23.3. The summed E-state index contributed by atoms with van der Waals surface area (Å²) in [4.78, 5) is 16.8. The van der Waals surface area contributed by atoms with Crippen LogP contribution in [0.2, 0.25) is 0 Å². The molecule has 1 aromatic heterocycles. The molecule has 8 heteroatoms. The molecule has 1 N–H and O–H groups in total. The summed E-state index contributed by atoms with van der Waals surface area (Å²) in [5.74, 6) is 1.26. The number of methoxy groups -OCH3 is 1. The molecule has 8 nitrogen and oxygen atoms in total. The number of nitriles is 1. The molecule has 140 valence electrons. The molecule has 0 bridgehead atoms. The Bertz CT molecular complexity index is 841. The lowest BCUT2D eigenvalue weighted by Crippen LogP contribution is -2.31. The molecular weight excluding hydrogens is 346 g/mol. The first kappa shape index (κ1) is 18.6. The number of nitrogens with one attached hydrogen (secondary N) is 1. The smallest absolute Gasteiger partial charge is 0.305 e.